The Labute approximate surface area is 120 Å². The van der Waals surface area contributed by atoms with Gasteiger partial charge in [0.25, 0.3) is 0 Å². The number of ketones is 1. The van der Waals surface area contributed by atoms with Crippen LogP contribution in [0.5, 0.6) is 5.75 Å². The second kappa shape index (κ2) is 6.70. The number of phenols is 1. The number of carbonyl (C=O) groups excluding carboxylic acids is 1. The summed E-state index contributed by atoms with van der Waals surface area (Å²) < 4.78 is 4.67. The van der Waals surface area contributed by atoms with Crippen molar-refractivity contribution in [2.75, 3.05) is 13.7 Å². The Balaban J connectivity index is 0.00000144. The summed E-state index contributed by atoms with van der Waals surface area (Å²) in [7, 11) is 1.46. The Morgan fingerprint density at radius 1 is 1.54 bits per heavy atom. The van der Waals surface area contributed by atoms with Crippen LogP contribution in [0.4, 0.5) is 0 Å². The van der Waals surface area contributed by atoms with Gasteiger partial charge in [0, 0.05) is 12.7 Å². The first-order chi connectivity index (χ1) is 5.74. The molecular weight excluding hydrogens is 195 g/mol. The normalized spacial score (nSPS) is 9.00. The van der Waals surface area contributed by atoms with Gasteiger partial charge in [0.05, 0.1) is 0 Å². The number of hydrogen-bond acceptors (Lipinski definition) is 3. The molecule has 4 heteroatoms. The average Bonchev–Trinajstić information content (AvgIpc) is 2.05. The topological polar surface area (TPSA) is 46.5 Å². The van der Waals surface area contributed by atoms with E-state index in [4.69, 9.17) is 5.11 Å². The van der Waals surface area contributed by atoms with Crippen LogP contribution >= 0.6 is 0 Å². The van der Waals surface area contributed by atoms with Gasteiger partial charge in [-0.2, -0.15) is 0 Å². The van der Waals surface area contributed by atoms with Gasteiger partial charge in [-0.25, -0.2) is 0 Å². The van der Waals surface area contributed by atoms with Gasteiger partial charge in [0.1, 0.15) is 12.4 Å². The fourth-order valence-electron chi connectivity index (χ4n) is 0.894. The van der Waals surface area contributed by atoms with Crippen LogP contribution < -0.4 is 51.4 Å². The van der Waals surface area contributed by atoms with Gasteiger partial charge in [-0.3, -0.25) is 4.79 Å². The first kappa shape index (κ1) is 13.3. The Morgan fingerprint density at radius 3 is 2.77 bits per heavy atom. The van der Waals surface area contributed by atoms with Crippen LogP contribution in [0.25, 0.3) is 0 Å². The third kappa shape index (κ3) is 4.35. The average molecular weight is 205 g/mol. The summed E-state index contributed by atoms with van der Waals surface area (Å²) in [5, 5.41) is 9.04. The number of Topliss-reactive ketones (excluding diaryl/α,β-unsaturated/α-hetero) is 1. The zero-order valence-electron chi connectivity index (χ0n) is 7.78. The maximum Gasteiger partial charge on any atom is 1.00 e. The quantitative estimate of drug-likeness (QED) is 0.469. The fraction of sp³-hybridized carbons (Fsp3) is 0.222. The van der Waals surface area contributed by atoms with Crippen molar-refractivity contribution in [2.45, 2.75) is 0 Å². The second-order valence-electron chi connectivity index (χ2n) is 2.41. The molecule has 0 aliphatic carbocycles. The second-order valence-corrected chi connectivity index (χ2v) is 2.41. The number of aromatic hydroxyl groups is 1. The Hall–Kier alpha value is 0.286. The minimum atomic E-state index is -0.131. The minimum absolute atomic E-state index is 0. The van der Waals surface area contributed by atoms with Gasteiger partial charge in [-0.05, 0) is 12.1 Å². The summed E-state index contributed by atoms with van der Waals surface area (Å²) in [5.41, 5.74) is 0.469. The van der Waals surface area contributed by atoms with Crippen LogP contribution in [0.1, 0.15) is 10.4 Å². The Bertz CT molecular complexity index is 286. The number of rotatable bonds is 3. The summed E-state index contributed by atoms with van der Waals surface area (Å²) in [6.45, 7) is 0.0451. The summed E-state index contributed by atoms with van der Waals surface area (Å²) >= 11 is 0. The molecule has 0 atom stereocenters. The van der Waals surface area contributed by atoms with Crippen LogP contribution in [0.15, 0.2) is 24.3 Å². The van der Waals surface area contributed by atoms with E-state index in [-0.39, 0.29) is 69.5 Å². The van der Waals surface area contributed by atoms with Gasteiger partial charge < -0.3 is 9.84 Å². The number of phenolic OH excluding ortho intramolecular Hbond substituents is 1. The summed E-state index contributed by atoms with van der Waals surface area (Å²) in [6.07, 6.45) is 0. The van der Waals surface area contributed by atoms with Crippen LogP contribution in [0.3, 0.4) is 0 Å². The third-order valence-corrected chi connectivity index (χ3v) is 1.44. The number of hydrogen-bond donors (Lipinski definition) is 1. The molecule has 0 aliphatic heterocycles. The van der Waals surface area contributed by atoms with Crippen molar-refractivity contribution in [1.29, 1.82) is 0 Å². The molecule has 1 rings (SSSR count). The van der Waals surface area contributed by atoms with Gasteiger partial charge in [0.2, 0.25) is 0 Å². The van der Waals surface area contributed by atoms with Gasteiger partial charge >= 0.3 is 51.4 Å². The van der Waals surface area contributed by atoms with E-state index in [1.807, 2.05) is 0 Å². The standard InChI is InChI=1S/C9H10O3.K/c1-12-6-9(11)7-3-2-4-8(10)5-7;/h2-5,10H,6H2,1H3;/q;+1. The summed E-state index contributed by atoms with van der Waals surface area (Å²) in [4.78, 5) is 11.2. The van der Waals surface area contributed by atoms with Crippen molar-refractivity contribution in [3.05, 3.63) is 29.8 Å². The third-order valence-electron chi connectivity index (χ3n) is 1.44. The SMILES string of the molecule is COCC(=O)c1cccc(O)c1.[K+]. The molecule has 1 aromatic rings. The molecule has 0 unspecified atom stereocenters. The van der Waals surface area contributed by atoms with E-state index in [0.29, 0.717) is 5.56 Å². The van der Waals surface area contributed by atoms with E-state index in [2.05, 4.69) is 4.74 Å². The fourth-order valence-corrected chi connectivity index (χ4v) is 0.894. The van der Waals surface area contributed by atoms with Crippen molar-refractivity contribution in [3.63, 3.8) is 0 Å². The van der Waals surface area contributed by atoms with Crippen LogP contribution in [0.2, 0.25) is 0 Å². The van der Waals surface area contributed by atoms with Crippen LogP contribution in [-0.2, 0) is 4.74 Å². The van der Waals surface area contributed by atoms with E-state index in [1.165, 1.54) is 19.2 Å². The Kier molecular flexibility index (Phi) is 6.85. The van der Waals surface area contributed by atoms with E-state index >= 15 is 0 Å². The van der Waals surface area contributed by atoms with Gasteiger partial charge in [0.15, 0.2) is 5.78 Å². The molecule has 1 N–H and O–H groups in total. The molecule has 0 heterocycles. The van der Waals surface area contributed by atoms with Crippen molar-refractivity contribution in [3.8, 4) is 5.75 Å². The van der Waals surface area contributed by atoms with Crippen molar-refractivity contribution in [2.24, 2.45) is 0 Å². The molecule has 13 heavy (non-hydrogen) atoms. The molecule has 0 radical (unpaired) electrons. The van der Waals surface area contributed by atoms with Crippen molar-refractivity contribution >= 4 is 5.78 Å². The maximum absolute atomic E-state index is 11.2. The molecule has 1 aromatic carbocycles. The molecular formula is C9H10KO3+. The molecule has 0 aliphatic rings. The zero-order chi connectivity index (χ0) is 8.97. The number of carbonyl (C=O) groups is 1. The summed E-state index contributed by atoms with van der Waals surface area (Å²) in [5.74, 6) is -0.0367. The number of ether oxygens (including phenoxy) is 1. The number of methoxy groups -OCH3 is 1. The zero-order valence-corrected chi connectivity index (χ0v) is 10.9. The molecule has 0 amide bonds. The predicted octanol–water partition coefficient (Wildman–Crippen LogP) is -1.77. The van der Waals surface area contributed by atoms with Crippen molar-refractivity contribution < 1.29 is 66.0 Å². The van der Waals surface area contributed by atoms with Crippen molar-refractivity contribution in [1.82, 2.24) is 0 Å². The first-order valence-electron chi connectivity index (χ1n) is 3.55. The van der Waals surface area contributed by atoms with Gasteiger partial charge in [-0.15, -0.1) is 0 Å². The first-order valence-corrected chi connectivity index (χ1v) is 3.55. The maximum atomic E-state index is 11.2. The smallest absolute Gasteiger partial charge is 0.508 e. The van der Waals surface area contributed by atoms with E-state index < -0.39 is 0 Å². The summed E-state index contributed by atoms with van der Waals surface area (Å²) in [6, 6.07) is 6.20. The molecule has 0 fully saturated rings. The van der Waals surface area contributed by atoms with Gasteiger partial charge in [-0.1, -0.05) is 12.1 Å². The number of benzene rings is 1. The molecule has 0 saturated carbocycles. The minimum Gasteiger partial charge on any atom is -0.508 e. The van der Waals surface area contributed by atoms with Crippen LogP contribution in [0, 0.1) is 0 Å². The molecule has 0 spiro atoms. The van der Waals surface area contributed by atoms with Crippen LogP contribution in [-0.4, -0.2) is 24.6 Å². The molecule has 3 nitrogen and oxygen atoms in total. The predicted molar refractivity (Wildman–Crippen MR) is 44.3 cm³/mol. The molecule has 0 saturated heterocycles. The van der Waals surface area contributed by atoms with E-state index in [0.717, 1.165) is 0 Å². The molecule has 0 aromatic heterocycles. The molecule has 0 bridgehead atoms. The largest absolute Gasteiger partial charge is 1.00 e. The van der Waals surface area contributed by atoms with E-state index in [9.17, 15) is 4.79 Å². The molecule has 64 valence electrons. The monoisotopic (exact) mass is 205 g/mol. The Morgan fingerprint density at radius 2 is 2.23 bits per heavy atom. The van der Waals surface area contributed by atoms with E-state index in [1.54, 1.807) is 12.1 Å².